The van der Waals surface area contributed by atoms with Gasteiger partial charge < -0.3 is 18.9 Å². The highest BCUT2D eigenvalue weighted by molar-refractivity contribution is 5.95. The molecule has 8 nitrogen and oxygen atoms in total. The van der Waals surface area contributed by atoms with E-state index in [1.807, 2.05) is 26.0 Å². The van der Waals surface area contributed by atoms with Crippen molar-refractivity contribution in [3.05, 3.63) is 70.9 Å². The minimum absolute atomic E-state index is 0.199. The number of amides is 1. The smallest absolute Gasteiger partial charge is 0.254 e. The van der Waals surface area contributed by atoms with Gasteiger partial charge in [0, 0.05) is 31.0 Å². The predicted molar refractivity (Wildman–Crippen MR) is 113 cm³/mol. The number of ether oxygens (including phenoxy) is 2. The molecule has 31 heavy (non-hydrogen) atoms. The fourth-order valence-electron chi connectivity index (χ4n) is 3.11. The number of rotatable bonds is 9. The lowest BCUT2D eigenvalue weighted by Crippen LogP contribution is -2.31. The van der Waals surface area contributed by atoms with Gasteiger partial charge in [-0.25, -0.2) is 0 Å². The van der Waals surface area contributed by atoms with E-state index in [1.54, 1.807) is 35.5 Å². The molecular weight excluding hydrogens is 396 g/mol. The first-order chi connectivity index (χ1) is 15.0. The zero-order valence-corrected chi connectivity index (χ0v) is 17.8. The lowest BCUT2D eigenvalue weighted by Gasteiger charge is -2.22. The normalized spacial score (nSPS) is 10.4. The Balaban J connectivity index is 1.78. The van der Waals surface area contributed by atoms with E-state index in [0.717, 1.165) is 16.8 Å². The van der Waals surface area contributed by atoms with Gasteiger partial charge in [-0.3, -0.25) is 9.78 Å². The van der Waals surface area contributed by atoms with Crippen LogP contribution in [0.1, 0.15) is 39.4 Å². The standard InChI is InChI=1S/C23H24N4O4/c1-16-20(17(2)31-26-16)15-30-21-8-7-19(12-22(21)29-3)23(28)27(11-5-9-24)14-18-6-4-10-25-13-18/h4,6-8,10,12-13H,5,11,14-15H2,1-3H3. The Morgan fingerprint density at radius 2 is 2.10 bits per heavy atom. The van der Waals surface area contributed by atoms with Crippen LogP contribution in [0, 0.1) is 25.2 Å². The van der Waals surface area contributed by atoms with Gasteiger partial charge in [0.1, 0.15) is 12.4 Å². The van der Waals surface area contributed by atoms with Gasteiger partial charge >= 0.3 is 0 Å². The molecule has 0 unspecified atom stereocenters. The molecule has 8 heteroatoms. The molecule has 0 saturated carbocycles. The van der Waals surface area contributed by atoms with Gasteiger partial charge in [-0.2, -0.15) is 5.26 Å². The summed E-state index contributed by atoms with van der Waals surface area (Å²) in [5, 5.41) is 12.9. The second-order valence-corrected chi connectivity index (χ2v) is 6.95. The van der Waals surface area contributed by atoms with E-state index >= 15 is 0 Å². The highest BCUT2D eigenvalue weighted by Gasteiger charge is 2.19. The average molecular weight is 420 g/mol. The van der Waals surface area contributed by atoms with Crippen LogP contribution in [0.3, 0.4) is 0 Å². The Kier molecular flexibility index (Phi) is 7.22. The van der Waals surface area contributed by atoms with E-state index in [2.05, 4.69) is 16.2 Å². The van der Waals surface area contributed by atoms with E-state index in [9.17, 15) is 4.79 Å². The predicted octanol–water partition coefficient (Wildman–Crippen LogP) is 3.83. The van der Waals surface area contributed by atoms with E-state index in [1.165, 1.54) is 7.11 Å². The Hall–Kier alpha value is -3.86. The van der Waals surface area contributed by atoms with Crippen LogP contribution < -0.4 is 9.47 Å². The molecule has 1 aromatic carbocycles. The molecule has 3 rings (SSSR count). The largest absolute Gasteiger partial charge is 0.493 e. The summed E-state index contributed by atoms with van der Waals surface area (Å²) < 4.78 is 16.5. The number of aryl methyl sites for hydroxylation is 2. The second kappa shape index (κ2) is 10.3. The number of hydrogen-bond acceptors (Lipinski definition) is 7. The van der Waals surface area contributed by atoms with Crippen LogP contribution in [0.4, 0.5) is 0 Å². The summed E-state index contributed by atoms with van der Waals surface area (Å²) in [7, 11) is 1.52. The molecule has 0 N–H and O–H groups in total. The molecule has 1 amide bonds. The minimum Gasteiger partial charge on any atom is -0.493 e. The molecule has 2 aromatic heterocycles. The Morgan fingerprint density at radius 1 is 1.26 bits per heavy atom. The molecule has 0 fully saturated rings. The maximum atomic E-state index is 13.1. The number of pyridine rings is 1. The number of carbonyl (C=O) groups excluding carboxylic acids is 1. The maximum Gasteiger partial charge on any atom is 0.254 e. The molecule has 0 bridgehead atoms. The summed E-state index contributed by atoms with van der Waals surface area (Å²) in [5.74, 6) is 1.45. The number of carbonyl (C=O) groups is 1. The average Bonchev–Trinajstić information content (AvgIpc) is 3.12. The molecular formula is C23H24N4O4. The van der Waals surface area contributed by atoms with Crippen molar-refractivity contribution in [3.8, 4) is 17.6 Å². The molecule has 0 spiro atoms. The third kappa shape index (κ3) is 5.39. The van der Waals surface area contributed by atoms with Gasteiger partial charge in [0.2, 0.25) is 0 Å². The molecule has 0 saturated heterocycles. The van der Waals surface area contributed by atoms with Crippen LogP contribution in [-0.2, 0) is 13.2 Å². The van der Waals surface area contributed by atoms with E-state index in [4.69, 9.17) is 19.3 Å². The maximum absolute atomic E-state index is 13.1. The van der Waals surface area contributed by atoms with E-state index < -0.39 is 0 Å². The summed E-state index contributed by atoms with van der Waals surface area (Å²) in [5.41, 5.74) is 2.98. The lowest BCUT2D eigenvalue weighted by molar-refractivity contribution is 0.0746. The van der Waals surface area contributed by atoms with Crippen molar-refractivity contribution in [1.82, 2.24) is 15.0 Å². The minimum atomic E-state index is -0.199. The van der Waals surface area contributed by atoms with E-state index in [0.29, 0.717) is 35.9 Å². The quantitative estimate of drug-likeness (QED) is 0.518. The fourth-order valence-corrected chi connectivity index (χ4v) is 3.11. The van der Waals surface area contributed by atoms with Crippen LogP contribution in [-0.4, -0.2) is 34.6 Å². The fraction of sp³-hybridized carbons (Fsp3) is 0.304. The summed E-state index contributed by atoms with van der Waals surface area (Å²) in [6.07, 6.45) is 3.62. The topological polar surface area (TPSA) is 101 Å². The summed E-state index contributed by atoms with van der Waals surface area (Å²) in [4.78, 5) is 18.9. The SMILES string of the molecule is COc1cc(C(=O)N(CCC#N)Cc2cccnc2)ccc1OCc1c(C)noc1C. The number of nitriles is 1. The van der Waals surface area contributed by atoms with Crippen molar-refractivity contribution in [3.63, 3.8) is 0 Å². The monoisotopic (exact) mass is 420 g/mol. The van der Waals surface area contributed by atoms with Crippen molar-refractivity contribution in [2.24, 2.45) is 0 Å². The summed E-state index contributed by atoms with van der Waals surface area (Å²) >= 11 is 0. The molecule has 0 radical (unpaired) electrons. The number of methoxy groups -OCH3 is 1. The van der Waals surface area contributed by atoms with E-state index in [-0.39, 0.29) is 18.9 Å². The van der Waals surface area contributed by atoms with Crippen LogP contribution in [0.2, 0.25) is 0 Å². The van der Waals surface area contributed by atoms with Gasteiger partial charge in [-0.05, 0) is 43.7 Å². The first-order valence-electron chi connectivity index (χ1n) is 9.81. The van der Waals surface area contributed by atoms with Crippen molar-refractivity contribution >= 4 is 5.91 Å². The van der Waals surface area contributed by atoms with Crippen LogP contribution >= 0.6 is 0 Å². The summed E-state index contributed by atoms with van der Waals surface area (Å²) in [6, 6.07) is 10.8. The van der Waals surface area contributed by atoms with Gasteiger partial charge in [-0.15, -0.1) is 0 Å². The van der Waals surface area contributed by atoms with Crippen molar-refractivity contribution in [2.75, 3.05) is 13.7 Å². The lowest BCUT2D eigenvalue weighted by atomic mass is 10.1. The zero-order valence-electron chi connectivity index (χ0n) is 17.8. The van der Waals surface area contributed by atoms with Crippen LogP contribution in [0.25, 0.3) is 0 Å². The highest BCUT2D eigenvalue weighted by atomic mass is 16.5. The van der Waals surface area contributed by atoms with Crippen LogP contribution in [0.15, 0.2) is 47.2 Å². The Bertz CT molecular complexity index is 1050. The van der Waals surface area contributed by atoms with Crippen molar-refractivity contribution in [2.45, 2.75) is 33.4 Å². The van der Waals surface area contributed by atoms with Crippen molar-refractivity contribution < 1.29 is 18.8 Å². The Morgan fingerprint density at radius 3 is 2.74 bits per heavy atom. The van der Waals surface area contributed by atoms with Gasteiger partial charge in [-0.1, -0.05) is 11.2 Å². The number of benzene rings is 1. The van der Waals surface area contributed by atoms with Gasteiger partial charge in [0.05, 0.1) is 30.9 Å². The third-order valence-corrected chi connectivity index (χ3v) is 4.84. The number of nitrogens with zero attached hydrogens (tertiary/aromatic N) is 4. The number of aromatic nitrogens is 2. The molecule has 0 aliphatic rings. The second-order valence-electron chi connectivity index (χ2n) is 6.95. The Labute approximate surface area is 181 Å². The summed E-state index contributed by atoms with van der Waals surface area (Å²) in [6.45, 7) is 4.64. The third-order valence-electron chi connectivity index (χ3n) is 4.84. The molecule has 2 heterocycles. The molecule has 0 aliphatic carbocycles. The van der Waals surface area contributed by atoms with Crippen molar-refractivity contribution in [1.29, 1.82) is 5.26 Å². The first-order valence-corrected chi connectivity index (χ1v) is 9.81. The zero-order chi connectivity index (χ0) is 22.2. The molecule has 0 atom stereocenters. The first kappa shape index (κ1) is 21.8. The number of hydrogen-bond donors (Lipinski definition) is 0. The molecule has 160 valence electrons. The molecule has 3 aromatic rings. The van der Waals surface area contributed by atoms with Gasteiger partial charge in [0.25, 0.3) is 5.91 Å². The van der Waals surface area contributed by atoms with Crippen LogP contribution in [0.5, 0.6) is 11.5 Å². The molecule has 0 aliphatic heterocycles. The van der Waals surface area contributed by atoms with Gasteiger partial charge in [0.15, 0.2) is 11.5 Å². The highest BCUT2D eigenvalue weighted by Crippen LogP contribution is 2.30.